The van der Waals surface area contributed by atoms with E-state index in [1.165, 1.54) is 51.5 Å². The van der Waals surface area contributed by atoms with Gasteiger partial charge in [-0.05, 0) is 92.7 Å². The molecule has 3 N–H and O–H groups in total. The number of nitrogens with zero attached hydrogens (tertiary/aromatic N) is 15. The Morgan fingerprint density at radius 3 is 0.949 bits per heavy atom. The van der Waals surface area contributed by atoms with E-state index in [9.17, 15) is 58.9 Å². The standard InChI is InChI=1S/3C27H30N6O6/c3*1-16-5-7-32(26(16)35)12-18-8-17-4-3-6-33(25(17)30-20(18)13-34)27(36)31-24-9-21(19(10-28)11-29-24)39-23-15-38-14-22(23)37-2/h3*8-9,11,13,16,22-23H,3-7,12,14-15H2,1-2H3,(H,29,31,36)/t16?,22-,23-;16-,22+,23+;16-,22-,23-/m111/s1. The maximum atomic E-state index is 13.3. The number of aromatic nitrogens is 6. The van der Waals surface area contributed by atoms with Crippen molar-refractivity contribution in [2.45, 2.75) is 135 Å². The summed E-state index contributed by atoms with van der Waals surface area (Å²) in [6, 6.07) is 14.8. The maximum absolute atomic E-state index is 13.3. The first-order chi connectivity index (χ1) is 56.7. The lowest BCUT2D eigenvalue weighted by molar-refractivity contribution is -0.131. The zero-order valence-electron chi connectivity index (χ0n) is 65.7. The number of likely N-dealkylation sites (tertiary alicyclic amines) is 3. The van der Waals surface area contributed by atoms with Gasteiger partial charge in [0.2, 0.25) is 17.7 Å². The molecule has 117 heavy (non-hydrogen) atoms. The molecule has 0 radical (unpaired) electrons. The highest BCUT2D eigenvalue weighted by molar-refractivity contribution is 6.04. The molecule has 9 aliphatic heterocycles. The fourth-order valence-corrected chi connectivity index (χ4v) is 15.3. The zero-order valence-corrected chi connectivity index (χ0v) is 65.7. The van der Waals surface area contributed by atoms with E-state index in [4.69, 9.17) is 42.6 Å². The molecule has 1 unspecified atom stereocenters. The number of aryl methyl sites for hydroxylation is 3. The quantitative estimate of drug-likeness (QED) is 0.0615. The summed E-state index contributed by atoms with van der Waals surface area (Å²) >= 11 is 0. The second kappa shape index (κ2) is 37.6. The number of urea groups is 3. The lowest BCUT2D eigenvalue weighted by Crippen LogP contribution is -2.40. The van der Waals surface area contributed by atoms with E-state index in [0.717, 1.165) is 36.0 Å². The van der Waals surface area contributed by atoms with Crippen LogP contribution in [0, 0.1) is 51.7 Å². The molecule has 9 atom stereocenters. The average molecular weight is 1600 g/mol. The fraction of sp³-hybridized carbons (Fsp3) is 0.481. The molecule has 0 aromatic carbocycles. The van der Waals surface area contributed by atoms with Crippen LogP contribution in [0.5, 0.6) is 17.2 Å². The van der Waals surface area contributed by atoms with Crippen molar-refractivity contribution in [3.63, 3.8) is 0 Å². The van der Waals surface area contributed by atoms with E-state index < -0.39 is 36.4 Å². The van der Waals surface area contributed by atoms with Crippen LogP contribution in [0.4, 0.5) is 49.3 Å². The monoisotopic (exact) mass is 1600 g/mol. The van der Waals surface area contributed by atoms with Gasteiger partial charge in [0, 0.05) is 133 Å². The van der Waals surface area contributed by atoms with Gasteiger partial charge in [0.1, 0.15) is 122 Å². The first-order valence-corrected chi connectivity index (χ1v) is 38.8. The lowest BCUT2D eigenvalue weighted by Gasteiger charge is -2.29. The van der Waals surface area contributed by atoms with Crippen LogP contribution in [0.3, 0.4) is 0 Å². The Bertz CT molecular complexity index is 4460. The highest BCUT2D eigenvalue weighted by Crippen LogP contribution is 2.36. The number of nitrogens with one attached hydrogen (secondary N) is 3. The number of hydrogen-bond donors (Lipinski definition) is 3. The fourth-order valence-electron chi connectivity index (χ4n) is 15.3. The van der Waals surface area contributed by atoms with Gasteiger partial charge in [-0.2, -0.15) is 15.8 Å². The van der Waals surface area contributed by atoms with Crippen molar-refractivity contribution in [2.24, 2.45) is 17.8 Å². The molecule has 15 heterocycles. The Balaban J connectivity index is 0.000000152. The van der Waals surface area contributed by atoms with Crippen molar-refractivity contribution in [3.05, 3.63) is 122 Å². The van der Waals surface area contributed by atoms with Crippen LogP contribution in [0.25, 0.3) is 0 Å². The molecule has 36 heteroatoms. The van der Waals surface area contributed by atoms with Crippen molar-refractivity contribution in [1.82, 2.24) is 44.6 Å². The molecule has 6 fully saturated rings. The maximum Gasteiger partial charge on any atom is 0.328 e. The Kier molecular flexibility index (Phi) is 26.6. The Morgan fingerprint density at radius 1 is 0.436 bits per heavy atom. The van der Waals surface area contributed by atoms with Crippen LogP contribution >= 0.6 is 0 Å². The summed E-state index contributed by atoms with van der Waals surface area (Å²) in [5.74, 6) is 2.73. The number of ether oxygens (including phenoxy) is 9. The van der Waals surface area contributed by atoms with Gasteiger partial charge in [0.15, 0.2) is 37.2 Å². The number of hydrogen-bond acceptors (Lipinski definition) is 27. The molecule has 0 spiro atoms. The highest BCUT2D eigenvalue weighted by atomic mass is 16.6. The van der Waals surface area contributed by atoms with Crippen LogP contribution in [-0.2, 0) is 81.7 Å². The second-order valence-electron chi connectivity index (χ2n) is 29.7. The first kappa shape index (κ1) is 82.7. The minimum absolute atomic E-state index is 0.0240. The lowest BCUT2D eigenvalue weighted by atomic mass is 10.0. The zero-order chi connectivity index (χ0) is 82.6. The number of nitriles is 3. The van der Waals surface area contributed by atoms with Gasteiger partial charge < -0.3 is 57.3 Å². The van der Waals surface area contributed by atoms with Crippen molar-refractivity contribution in [2.75, 3.05) is 131 Å². The molecule has 9 amide bonds. The number of methoxy groups -OCH3 is 3. The third-order valence-corrected chi connectivity index (χ3v) is 22.0. The smallest absolute Gasteiger partial charge is 0.328 e. The van der Waals surface area contributed by atoms with Crippen LogP contribution in [0.2, 0.25) is 0 Å². The van der Waals surface area contributed by atoms with Gasteiger partial charge in [-0.15, -0.1) is 0 Å². The van der Waals surface area contributed by atoms with Gasteiger partial charge in [-0.1, -0.05) is 20.8 Å². The number of anilines is 6. The van der Waals surface area contributed by atoms with E-state index >= 15 is 0 Å². The van der Waals surface area contributed by atoms with E-state index in [2.05, 4.69) is 45.9 Å². The molecule has 9 aliphatic rings. The minimum Gasteiger partial charge on any atom is -0.484 e. The molecule has 0 aliphatic carbocycles. The van der Waals surface area contributed by atoms with E-state index in [1.807, 2.05) is 57.2 Å². The molecule has 15 rings (SSSR count). The van der Waals surface area contributed by atoms with Crippen molar-refractivity contribution in [1.29, 1.82) is 15.8 Å². The van der Waals surface area contributed by atoms with Crippen molar-refractivity contribution >= 4 is 89.6 Å². The van der Waals surface area contributed by atoms with Gasteiger partial charge >= 0.3 is 18.1 Å². The molecule has 36 nitrogen and oxygen atoms in total. The molecule has 612 valence electrons. The largest absolute Gasteiger partial charge is 0.484 e. The molecule has 6 aromatic heterocycles. The summed E-state index contributed by atoms with van der Waals surface area (Å²) in [7, 11) is 4.69. The first-order valence-electron chi connectivity index (χ1n) is 38.8. The summed E-state index contributed by atoms with van der Waals surface area (Å²) in [6.45, 7) is 11.9. The number of fused-ring (bicyclic) bond motifs is 3. The summed E-state index contributed by atoms with van der Waals surface area (Å²) in [5, 5.41) is 36.8. The normalized spacial score (nSPS) is 22.4. The summed E-state index contributed by atoms with van der Waals surface area (Å²) in [4.78, 5) is 149. The van der Waals surface area contributed by atoms with Crippen LogP contribution in [-0.4, -0.2) is 236 Å². The SMILES string of the molecule is CO[C@@H]1COC[C@H]1Oc1cc(NC(=O)N2CCCc3cc(CN4CCC(C)C4=O)c(C=O)nc32)ncc1C#N.CO[C@@H]1COC[C@H]1Oc1cc(NC(=O)N2CCCc3cc(CN4CC[C@@H](C)C4=O)c(C=O)nc32)ncc1C#N.CO[C@H]1COC[C@@H]1Oc1cc(NC(=O)N2CCCc3cc(CN4CC[C@@H](C)C4=O)c(C=O)nc32)ncc1C#N. The number of rotatable bonds is 21. The summed E-state index contributed by atoms with van der Waals surface area (Å²) in [6.07, 6.45) is 10.5. The minimum atomic E-state index is -0.473. The highest BCUT2D eigenvalue weighted by Gasteiger charge is 2.39. The van der Waals surface area contributed by atoms with Gasteiger partial charge in [-0.25, -0.2) is 44.3 Å². The van der Waals surface area contributed by atoms with E-state index in [1.54, 1.807) is 36.0 Å². The van der Waals surface area contributed by atoms with Crippen molar-refractivity contribution < 1.29 is 85.8 Å². The van der Waals surface area contributed by atoms with E-state index in [0.29, 0.717) is 190 Å². The van der Waals surface area contributed by atoms with Gasteiger partial charge in [0.25, 0.3) is 0 Å². The number of carbonyl (C=O) groups is 9. The topological polar surface area (TPSA) is 441 Å². The van der Waals surface area contributed by atoms with Crippen LogP contribution < -0.4 is 44.9 Å². The second-order valence-corrected chi connectivity index (χ2v) is 29.7. The number of carbonyl (C=O) groups excluding carboxylic acids is 9. The van der Waals surface area contributed by atoms with Crippen LogP contribution in [0.1, 0.15) is 141 Å². The molecular weight excluding hydrogens is 1510 g/mol. The van der Waals surface area contributed by atoms with Crippen molar-refractivity contribution in [3.8, 4) is 35.5 Å². The van der Waals surface area contributed by atoms with Gasteiger partial charge in [0.05, 0.1) is 58.2 Å². The Labute approximate surface area is 673 Å². The Hall–Kier alpha value is -12.2. The summed E-state index contributed by atoms with van der Waals surface area (Å²) in [5.41, 5.74) is 5.80. The number of pyridine rings is 6. The average Bonchev–Trinajstić information content (AvgIpc) is 1.75. The summed E-state index contributed by atoms with van der Waals surface area (Å²) < 4.78 is 50.3. The third-order valence-electron chi connectivity index (χ3n) is 22.0. The molecule has 6 aromatic rings. The molecule has 0 bridgehead atoms. The molecule has 6 saturated heterocycles. The predicted octanol–water partition coefficient (Wildman–Crippen LogP) is 6.92. The van der Waals surface area contributed by atoms with Gasteiger partial charge in [-0.3, -0.25) is 59.4 Å². The van der Waals surface area contributed by atoms with E-state index in [-0.39, 0.29) is 122 Å². The predicted molar refractivity (Wildman–Crippen MR) is 415 cm³/mol. The molecular formula is C81H90N18O18. The van der Waals surface area contributed by atoms with Crippen LogP contribution in [0.15, 0.2) is 55.0 Å². The Morgan fingerprint density at radius 2 is 0.709 bits per heavy atom. The molecule has 0 saturated carbocycles. The third kappa shape index (κ3) is 18.7. The number of aldehydes is 3. The number of amides is 9.